The van der Waals surface area contributed by atoms with E-state index in [1.807, 2.05) is 0 Å². The van der Waals surface area contributed by atoms with E-state index >= 15 is 0 Å². The third-order valence-corrected chi connectivity index (χ3v) is 3.60. The molecule has 0 aliphatic carbocycles. The van der Waals surface area contributed by atoms with Gasteiger partial charge in [0, 0.05) is 0 Å². The Morgan fingerprint density at radius 3 is 2.17 bits per heavy atom. The van der Waals surface area contributed by atoms with Gasteiger partial charge in [0.1, 0.15) is 12.4 Å². The molecule has 3 N–H and O–H groups in total. The number of hydrogen-bond acceptors (Lipinski definition) is 4. The molecule has 0 heterocycles. The highest BCUT2D eigenvalue weighted by atomic mass is 19.4. The van der Waals surface area contributed by atoms with Crippen LogP contribution in [0.2, 0.25) is 0 Å². The van der Waals surface area contributed by atoms with Crippen LogP contribution in [0.4, 0.5) is 26.3 Å². The predicted octanol–water partition coefficient (Wildman–Crippen LogP) is 4.00. The number of halogens is 6. The largest absolute Gasteiger partial charge is 0.493 e. The van der Waals surface area contributed by atoms with Crippen LogP contribution in [0.5, 0.6) is 5.75 Å². The van der Waals surface area contributed by atoms with Crippen molar-refractivity contribution in [3.05, 3.63) is 65.2 Å². The van der Waals surface area contributed by atoms with Gasteiger partial charge in [-0.3, -0.25) is 5.41 Å². The molecule has 30 heavy (non-hydrogen) atoms. The highest BCUT2D eigenvalue weighted by Crippen LogP contribution is 2.29. The normalized spacial score (nSPS) is 11.7. The second-order valence-electron chi connectivity index (χ2n) is 5.93. The molecule has 2 aromatic rings. The smallest absolute Gasteiger partial charge is 0.489 e. The maximum Gasteiger partial charge on any atom is 0.493 e. The van der Waals surface area contributed by atoms with Gasteiger partial charge in [-0.2, -0.15) is 31.4 Å². The van der Waals surface area contributed by atoms with Crippen molar-refractivity contribution < 1.29 is 40.7 Å². The number of nitrogens with one attached hydrogen (secondary N) is 1. The first kappa shape index (κ1) is 22.8. The van der Waals surface area contributed by atoms with E-state index in [1.165, 1.54) is 36.4 Å². The molecule has 0 saturated heterocycles. The summed E-state index contributed by atoms with van der Waals surface area (Å²) in [5, 5.41) is 7.51. The fourth-order valence-corrected chi connectivity index (χ4v) is 2.17. The van der Waals surface area contributed by atoms with Gasteiger partial charge in [-0.1, -0.05) is 24.3 Å². The number of hydrogen-bond donors (Lipinski definition) is 2. The Balaban J connectivity index is 2.03. The zero-order valence-electron chi connectivity index (χ0n) is 15.1. The Hall–Kier alpha value is -3.44. The van der Waals surface area contributed by atoms with Gasteiger partial charge in [0.05, 0.1) is 12.1 Å². The number of carbonyl (C=O) groups is 1. The molecule has 2 aromatic carbocycles. The Labute approximate surface area is 166 Å². The van der Waals surface area contributed by atoms with Crippen LogP contribution in [0.3, 0.4) is 0 Å². The van der Waals surface area contributed by atoms with Crippen LogP contribution in [0.1, 0.15) is 16.7 Å². The molecule has 0 fully saturated rings. The van der Waals surface area contributed by atoms with Crippen LogP contribution in [0, 0.1) is 5.41 Å². The molecule has 0 spiro atoms. The zero-order valence-corrected chi connectivity index (χ0v) is 15.1. The number of carbonyl (C=O) groups excluding carboxylic acids is 1. The molecule has 0 radical (unpaired) electrons. The van der Waals surface area contributed by atoms with E-state index in [1.54, 1.807) is 0 Å². The van der Waals surface area contributed by atoms with Crippen molar-refractivity contribution in [3.63, 3.8) is 0 Å². The van der Waals surface area contributed by atoms with Gasteiger partial charge in [-0.05, 0) is 35.4 Å². The molecule has 0 unspecified atom stereocenters. The molecule has 0 atom stereocenters. The first-order chi connectivity index (χ1) is 13.9. The van der Waals surface area contributed by atoms with Gasteiger partial charge < -0.3 is 15.3 Å². The standard InChI is InChI=1S/C18H15F6N3O3/c19-17(20,21)13-6-4-11(5-7-13)10-29-14-3-1-2-12(8-14)9-27(16(25)26)30-15(28)18(22,23)24/h1-8H,9-10H2,(H3,25,26). The first-order valence-corrected chi connectivity index (χ1v) is 8.15. The van der Waals surface area contributed by atoms with Crippen LogP contribution < -0.4 is 10.5 Å². The van der Waals surface area contributed by atoms with Crippen molar-refractivity contribution in [1.29, 1.82) is 5.41 Å². The molecule has 0 bridgehead atoms. The minimum atomic E-state index is -5.26. The maximum absolute atomic E-state index is 12.6. The van der Waals surface area contributed by atoms with Gasteiger partial charge in [-0.15, -0.1) is 0 Å². The van der Waals surface area contributed by atoms with Crippen molar-refractivity contribution in [1.82, 2.24) is 5.06 Å². The number of alkyl halides is 6. The summed E-state index contributed by atoms with van der Waals surface area (Å²) in [6.45, 7) is -0.532. The summed E-state index contributed by atoms with van der Waals surface area (Å²) in [6.07, 6.45) is -9.72. The average molecular weight is 435 g/mol. The molecular formula is C18H15F6N3O3. The average Bonchev–Trinajstić information content (AvgIpc) is 2.65. The van der Waals surface area contributed by atoms with Gasteiger partial charge in [0.15, 0.2) is 0 Å². The Bertz CT molecular complexity index is 897. The lowest BCUT2D eigenvalue weighted by atomic mass is 10.1. The van der Waals surface area contributed by atoms with Crippen LogP contribution in [0.25, 0.3) is 0 Å². The first-order valence-electron chi connectivity index (χ1n) is 8.15. The zero-order chi connectivity index (χ0) is 22.5. The predicted molar refractivity (Wildman–Crippen MR) is 91.8 cm³/mol. The Morgan fingerprint density at radius 2 is 1.63 bits per heavy atom. The summed E-state index contributed by atoms with van der Waals surface area (Å²) in [5.41, 5.74) is 5.10. The second kappa shape index (κ2) is 8.93. The molecular weight excluding hydrogens is 420 g/mol. The van der Waals surface area contributed by atoms with Crippen LogP contribution in [0.15, 0.2) is 48.5 Å². The van der Waals surface area contributed by atoms with Crippen LogP contribution >= 0.6 is 0 Å². The van der Waals surface area contributed by atoms with Crippen molar-refractivity contribution in [2.24, 2.45) is 5.73 Å². The second-order valence-corrected chi connectivity index (χ2v) is 5.93. The van der Waals surface area contributed by atoms with E-state index in [0.717, 1.165) is 12.1 Å². The van der Waals surface area contributed by atoms with Crippen LogP contribution in [-0.2, 0) is 29.0 Å². The van der Waals surface area contributed by atoms with E-state index in [0.29, 0.717) is 11.1 Å². The number of hydroxylamine groups is 2. The topological polar surface area (TPSA) is 88.6 Å². The Kier molecular flexibility index (Phi) is 6.80. The Morgan fingerprint density at radius 1 is 1.00 bits per heavy atom. The lowest BCUT2D eigenvalue weighted by Gasteiger charge is -2.21. The lowest BCUT2D eigenvalue weighted by molar-refractivity contribution is -0.227. The lowest BCUT2D eigenvalue weighted by Crippen LogP contribution is -2.41. The third kappa shape index (κ3) is 6.57. The molecule has 6 nitrogen and oxygen atoms in total. The molecule has 12 heteroatoms. The van der Waals surface area contributed by atoms with E-state index in [2.05, 4.69) is 4.84 Å². The number of ether oxygens (including phenoxy) is 1. The van der Waals surface area contributed by atoms with Crippen LogP contribution in [-0.4, -0.2) is 23.2 Å². The molecule has 0 aliphatic heterocycles. The number of guanidine groups is 1. The van der Waals surface area contributed by atoms with Crippen molar-refractivity contribution >= 4 is 11.9 Å². The summed E-state index contributed by atoms with van der Waals surface area (Å²) >= 11 is 0. The summed E-state index contributed by atoms with van der Waals surface area (Å²) in [7, 11) is 0. The SMILES string of the molecule is N=C(N)N(Cc1cccc(OCc2ccc(C(F)(F)F)cc2)c1)OC(=O)C(F)(F)F. The number of rotatable bonds is 5. The molecule has 0 amide bonds. The fraction of sp³-hybridized carbons (Fsp3) is 0.222. The highest BCUT2D eigenvalue weighted by Gasteiger charge is 2.43. The van der Waals surface area contributed by atoms with Crippen molar-refractivity contribution in [2.45, 2.75) is 25.5 Å². The minimum Gasteiger partial charge on any atom is -0.489 e. The summed E-state index contributed by atoms with van der Waals surface area (Å²) in [4.78, 5) is 15.0. The van der Waals surface area contributed by atoms with E-state index in [9.17, 15) is 31.1 Å². The number of nitrogens with two attached hydrogens (primary N) is 1. The molecule has 0 aliphatic rings. The third-order valence-electron chi connectivity index (χ3n) is 3.60. The summed E-state index contributed by atoms with van der Waals surface area (Å²) in [6, 6.07) is 10.2. The van der Waals surface area contributed by atoms with Gasteiger partial charge in [0.2, 0.25) is 5.96 Å². The maximum atomic E-state index is 12.6. The van der Waals surface area contributed by atoms with Gasteiger partial charge in [0.25, 0.3) is 0 Å². The van der Waals surface area contributed by atoms with Gasteiger partial charge >= 0.3 is 18.3 Å². The monoisotopic (exact) mass is 435 g/mol. The molecule has 2 rings (SSSR count). The quantitative estimate of drug-likeness (QED) is 0.321. The van der Waals surface area contributed by atoms with Crippen molar-refractivity contribution in [2.75, 3.05) is 0 Å². The number of nitrogens with zero attached hydrogens (tertiary/aromatic N) is 1. The van der Waals surface area contributed by atoms with Gasteiger partial charge in [-0.25, -0.2) is 4.79 Å². The highest BCUT2D eigenvalue weighted by molar-refractivity contribution is 5.79. The summed E-state index contributed by atoms with van der Waals surface area (Å²) < 4.78 is 80.2. The molecule has 162 valence electrons. The molecule has 0 aromatic heterocycles. The van der Waals surface area contributed by atoms with Crippen molar-refractivity contribution in [3.8, 4) is 5.75 Å². The van der Waals surface area contributed by atoms with E-state index < -0.39 is 36.4 Å². The number of benzene rings is 2. The van der Waals surface area contributed by atoms with E-state index in [-0.39, 0.29) is 17.4 Å². The fourth-order valence-electron chi connectivity index (χ4n) is 2.17. The van der Waals surface area contributed by atoms with E-state index in [4.69, 9.17) is 15.9 Å². The minimum absolute atomic E-state index is 0.0684. The molecule has 0 saturated carbocycles. The summed E-state index contributed by atoms with van der Waals surface area (Å²) in [5.74, 6) is -3.21.